The maximum absolute atomic E-state index is 9.58. The first kappa shape index (κ1) is 13.3. The fraction of sp³-hybridized carbons (Fsp3) is 0.250. The van der Waals surface area contributed by atoms with Crippen molar-refractivity contribution >= 4 is 28.7 Å². The van der Waals surface area contributed by atoms with Crippen LogP contribution in [0.5, 0.6) is 0 Å². The molecule has 1 aliphatic heterocycles. The van der Waals surface area contributed by atoms with Gasteiger partial charge in [-0.05, 0) is 18.2 Å². The lowest BCUT2D eigenvalue weighted by molar-refractivity contribution is 0.282. The van der Waals surface area contributed by atoms with E-state index in [0.717, 1.165) is 30.0 Å². The number of hydrogen-bond acceptors (Lipinski definition) is 3. The van der Waals surface area contributed by atoms with Gasteiger partial charge in [0.1, 0.15) is 0 Å². The molecule has 20 heavy (non-hydrogen) atoms. The van der Waals surface area contributed by atoms with Crippen LogP contribution in [-0.2, 0) is 6.61 Å². The van der Waals surface area contributed by atoms with E-state index in [1.807, 2.05) is 30.3 Å². The van der Waals surface area contributed by atoms with Crippen LogP contribution in [0.3, 0.4) is 0 Å². The van der Waals surface area contributed by atoms with Gasteiger partial charge in [0.2, 0.25) is 0 Å². The second-order valence-corrected chi connectivity index (χ2v) is 5.37. The van der Waals surface area contributed by atoms with Crippen LogP contribution in [0.2, 0.25) is 5.02 Å². The predicted octanol–water partition coefficient (Wildman–Crippen LogP) is 3.42. The maximum Gasteiger partial charge on any atom is 0.0702 e. The van der Waals surface area contributed by atoms with Gasteiger partial charge in [0.15, 0.2) is 0 Å². The fourth-order valence-electron chi connectivity index (χ4n) is 2.73. The van der Waals surface area contributed by atoms with E-state index in [2.05, 4.69) is 29.0 Å². The first-order valence-corrected chi connectivity index (χ1v) is 7.06. The van der Waals surface area contributed by atoms with E-state index in [0.29, 0.717) is 5.02 Å². The summed E-state index contributed by atoms with van der Waals surface area (Å²) in [6, 6.07) is 13.9. The Morgan fingerprint density at radius 2 is 1.80 bits per heavy atom. The van der Waals surface area contributed by atoms with Gasteiger partial charge in [-0.2, -0.15) is 0 Å². The van der Waals surface area contributed by atoms with Crippen molar-refractivity contribution in [2.45, 2.75) is 6.61 Å². The van der Waals surface area contributed by atoms with Gasteiger partial charge >= 0.3 is 0 Å². The summed E-state index contributed by atoms with van der Waals surface area (Å²) in [5.74, 6) is 0. The molecule has 1 aliphatic rings. The highest BCUT2D eigenvalue weighted by atomic mass is 35.5. The Labute approximate surface area is 124 Å². The first-order chi connectivity index (χ1) is 9.72. The van der Waals surface area contributed by atoms with Crippen LogP contribution in [0.4, 0.5) is 17.1 Å². The molecule has 0 unspecified atom stereocenters. The SMILES string of the molecule is CN1CCN(c2c(Cl)cccc2CO)c2ccccc21. The van der Waals surface area contributed by atoms with Crippen LogP contribution in [0.15, 0.2) is 42.5 Å². The zero-order valence-corrected chi connectivity index (χ0v) is 12.1. The lowest BCUT2D eigenvalue weighted by Crippen LogP contribution is -2.37. The van der Waals surface area contributed by atoms with Crippen molar-refractivity contribution in [3.63, 3.8) is 0 Å². The summed E-state index contributed by atoms with van der Waals surface area (Å²) in [7, 11) is 2.09. The van der Waals surface area contributed by atoms with Crippen molar-refractivity contribution in [1.82, 2.24) is 0 Å². The van der Waals surface area contributed by atoms with Gasteiger partial charge in [0.25, 0.3) is 0 Å². The zero-order chi connectivity index (χ0) is 14.1. The van der Waals surface area contributed by atoms with Crippen LogP contribution in [0, 0.1) is 0 Å². The molecule has 3 nitrogen and oxygen atoms in total. The van der Waals surface area contributed by atoms with Crippen molar-refractivity contribution in [2.24, 2.45) is 0 Å². The Kier molecular flexibility index (Phi) is 3.55. The predicted molar refractivity (Wildman–Crippen MR) is 84.1 cm³/mol. The molecule has 0 aromatic heterocycles. The Balaban J connectivity index is 2.15. The molecule has 0 aliphatic carbocycles. The third-order valence-corrected chi connectivity index (χ3v) is 4.06. The van der Waals surface area contributed by atoms with E-state index in [-0.39, 0.29) is 6.61 Å². The van der Waals surface area contributed by atoms with Gasteiger partial charge in [-0.25, -0.2) is 0 Å². The van der Waals surface area contributed by atoms with Crippen LogP contribution < -0.4 is 9.80 Å². The van der Waals surface area contributed by atoms with Gasteiger partial charge in [-0.15, -0.1) is 0 Å². The highest BCUT2D eigenvalue weighted by Gasteiger charge is 2.24. The maximum atomic E-state index is 9.58. The number of nitrogens with zero attached hydrogens (tertiary/aromatic N) is 2. The number of anilines is 3. The summed E-state index contributed by atoms with van der Waals surface area (Å²) in [5.41, 5.74) is 4.08. The third-order valence-electron chi connectivity index (χ3n) is 3.75. The number of likely N-dealkylation sites (N-methyl/N-ethyl adjacent to an activating group) is 1. The molecule has 3 rings (SSSR count). The number of aliphatic hydroxyl groups is 1. The fourth-order valence-corrected chi connectivity index (χ4v) is 3.02. The molecule has 4 heteroatoms. The molecule has 1 heterocycles. The van der Waals surface area contributed by atoms with E-state index < -0.39 is 0 Å². The summed E-state index contributed by atoms with van der Waals surface area (Å²) < 4.78 is 0. The second kappa shape index (κ2) is 5.35. The molecule has 0 atom stereocenters. The standard InChI is InChI=1S/C16H17ClN2O/c1-18-9-10-19(15-8-3-2-7-14(15)18)16-12(11-20)5-4-6-13(16)17/h2-8,20H,9-11H2,1H3. The molecule has 0 amide bonds. The minimum atomic E-state index is -0.00952. The zero-order valence-electron chi connectivity index (χ0n) is 11.4. The third kappa shape index (κ3) is 2.13. The van der Waals surface area contributed by atoms with E-state index in [9.17, 15) is 5.11 Å². The number of rotatable bonds is 2. The summed E-state index contributed by atoms with van der Waals surface area (Å²) in [6.07, 6.45) is 0. The van der Waals surface area contributed by atoms with Gasteiger partial charge in [0, 0.05) is 25.7 Å². The topological polar surface area (TPSA) is 26.7 Å². The molecular weight excluding hydrogens is 272 g/mol. The van der Waals surface area contributed by atoms with E-state index in [4.69, 9.17) is 11.6 Å². The summed E-state index contributed by atoms with van der Waals surface area (Å²) in [6.45, 7) is 1.77. The van der Waals surface area contributed by atoms with Crippen molar-refractivity contribution < 1.29 is 5.11 Å². The quantitative estimate of drug-likeness (QED) is 0.917. The highest BCUT2D eigenvalue weighted by Crippen LogP contribution is 2.41. The molecule has 0 fully saturated rings. The normalized spacial score (nSPS) is 14.3. The highest BCUT2D eigenvalue weighted by molar-refractivity contribution is 6.33. The molecule has 0 bridgehead atoms. The van der Waals surface area contributed by atoms with Crippen molar-refractivity contribution in [3.05, 3.63) is 53.1 Å². The second-order valence-electron chi connectivity index (χ2n) is 4.97. The van der Waals surface area contributed by atoms with Crippen LogP contribution in [0.1, 0.15) is 5.56 Å². The van der Waals surface area contributed by atoms with Crippen LogP contribution in [-0.4, -0.2) is 25.2 Å². The molecule has 0 saturated carbocycles. The monoisotopic (exact) mass is 288 g/mol. The van der Waals surface area contributed by atoms with E-state index in [1.165, 1.54) is 5.69 Å². The Morgan fingerprint density at radius 3 is 2.55 bits per heavy atom. The molecule has 2 aromatic carbocycles. The Morgan fingerprint density at radius 1 is 1.05 bits per heavy atom. The minimum Gasteiger partial charge on any atom is -0.392 e. The average molecular weight is 289 g/mol. The first-order valence-electron chi connectivity index (χ1n) is 6.68. The lowest BCUT2D eigenvalue weighted by atomic mass is 10.1. The lowest BCUT2D eigenvalue weighted by Gasteiger charge is -2.38. The smallest absolute Gasteiger partial charge is 0.0702 e. The summed E-state index contributed by atoms with van der Waals surface area (Å²) >= 11 is 6.38. The molecule has 2 aromatic rings. The molecule has 1 N–H and O–H groups in total. The molecule has 0 saturated heterocycles. The largest absolute Gasteiger partial charge is 0.392 e. The molecule has 0 radical (unpaired) electrons. The average Bonchev–Trinajstić information content (AvgIpc) is 2.48. The Hall–Kier alpha value is -1.71. The number of aliphatic hydroxyl groups excluding tert-OH is 1. The van der Waals surface area contributed by atoms with Crippen molar-refractivity contribution in [2.75, 3.05) is 29.9 Å². The van der Waals surface area contributed by atoms with E-state index in [1.54, 1.807) is 0 Å². The minimum absolute atomic E-state index is 0.00952. The van der Waals surface area contributed by atoms with E-state index >= 15 is 0 Å². The number of halogens is 1. The van der Waals surface area contributed by atoms with Crippen LogP contribution in [0.25, 0.3) is 0 Å². The van der Waals surface area contributed by atoms with Crippen molar-refractivity contribution in [1.29, 1.82) is 0 Å². The van der Waals surface area contributed by atoms with Gasteiger partial charge in [0.05, 0.1) is 28.7 Å². The van der Waals surface area contributed by atoms with Gasteiger partial charge in [-0.3, -0.25) is 0 Å². The molecule has 104 valence electrons. The summed E-state index contributed by atoms with van der Waals surface area (Å²) in [5, 5.41) is 10.3. The van der Waals surface area contributed by atoms with Crippen LogP contribution >= 0.6 is 11.6 Å². The molecule has 0 spiro atoms. The van der Waals surface area contributed by atoms with Gasteiger partial charge in [-0.1, -0.05) is 35.9 Å². The summed E-state index contributed by atoms with van der Waals surface area (Å²) in [4.78, 5) is 4.44. The number of fused-ring (bicyclic) bond motifs is 1. The number of hydrogen-bond donors (Lipinski definition) is 1. The molecular formula is C16H17ClN2O. The van der Waals surface area contributed by atoms with Gasteiger partial charge < -0.3 is 14.9 Å². The number of benzene rings is 2. The number of para-hydroxylation sites is 3. The van der Waals surface area contributed by atoms with Crippen molar-refractivity contribution in [3.8, 4) is 0 Å². The Bertz CT molecular complexity index is 630.